The van der Waals surface area contributed by atoms with Crippen molar-refractivity contribution in [2.45, 2.75) is 83.1 Å². The van der Waals surface area contributed by atoms with Gasteiger partial charge in [0, 0.05) is 25.7 Å². The molecule has 1 aromatic rings. The van der Waals surface area contributed by atoms with E-state index in [0.717, 1.165) is 31.9 Å². The zero-order valence-corrected chi connectivity index (χ0v) is 24.1. The Labute approximate surface area is 231 Å². The molecule has 2 heterocycles. The summed E-state index contributed by atoms with van der Waals surface area (Å²) in [5.74, 6) is -2.10. The van der Waals surface area contributed by atoms with Crippen LogP contribution in [0, 0.1) is 11.7 Å². The van der Waals surface area contributed by atoms with E-state index in [4.69, 9.17) is 0 Å². The molecule has 2 fully saturated rings. The fraction of sp³-hybridized carbons (Fsp3) is 0.667. The Morgan fingerprint density at radius 2 is 1.82 bits per heavy atom. The second-order valence-electron chi connectivity index (χ2n) is 10.6. The Balaban J connectivity index is 1.81. The second kappa shape index (κ2) is 13.7. The fourth-order valence-corrected chi connectivity index (χ4v) is 6.65. The van der Waals surface area contributed by atoms with Gasteiger partial charge in [0.15, 0.2) is 0 Å². The monoisotopic (exact) mass is 567 g/mol. The van der Waals surface area contributed by atoms with E-state index in [2.05, 4.69) is 22.9 Å². The third-order valence-electron chi connectivity index (χ3n) is 7.79. The molecule has 5 atom stereocenters. The number of likely N-dealkylation sites (tertiary alicyclic amines) is 1. The van der Waals surface area contributed by atoms with Crippen molar-refractivity contribution in [1.82, 2.24) is 25.2 Å². The molecule has 0 spiro atoms. The van der Waals surface area contributed by atoms with Crippen LogP contribution in [0.1, 0.15) is 57.9 Å². The Morgan fingerprint density at radius 3 is 2.44 bits per heavy atom. The molecule has 218 valence electrons. The number of halogens is 1. The minimum Gasteiger partial charge on any atom is -0.352 e. The topological polar surface area (TPSA) is 128 Å². The quantitative estimate of drug-likeness (QED) is 0.309. The van der Waals surface area contributed by atoms with Crippen LogP contribution in [0.15, 0.2) is 24.3 Å². The van der Waals surface area contributed by atoms with Gasteiger partial charge in [-0.25, -0.2) is 12.8 Å². The van der Waals surface area contributed by atoms with Crippen LogP contribution in [0.5, 0.6) is 0 Å². The van der Waals surface area contributed by atoms with Gasteiger partial charge >= 0.3 is 0 Å². The fourth-order valence-electron chi connectivity index (χ4n) is 5.50. The summed E-state index contributed by atoms with van der Waals surface area (Å²) in [5.41, 5.74) is 0.701. The summed E-state index contributed by atoms with van der Waals surface area (Å²) in [6, 6.07) is 3.34. The second-order valence-corrected chi connectivity index (χ2v) is 12.5. The molecule has 0 radical (unpaired) electrons. The average molecular weight is 568 g/mol. The number of carbonyl (C=O) groups is 3. The third kappa shape index (κ3) is 7.76. The van der Waals surface area contributed by atoms with E-state index in [-0.39, 0.29) is 36.6 Å². The number of likely N-dealkylation sites (N-methyl/N-ethyl adjacent to an activating group) is 1. The summed E-state index contributed by atoms with van der Waals surface area (Å²) in [4.78, 5) is 41.6. The first-order valence-corrected chi connectivity index (χ1v) is 15.6. The number of rotatable bonds is 13. The van der Waals surface area contributed by atoms with E-state index in [1.165, 1.54) is 16.4 Å². The summed E-state index contributed by atoms with van der Waals surface area (Å²) in [6.07, 6.45) is 5.74. The molecule has 10 nitrogen and oxygen atoms in total. The molecule has 12 heteroatoms. The van der Waals surface area contributed by atoms with Crippen LogP contribution in [0.4, 0.5) is 4.39 Å². The van der Waals surface area contributed by atoms with Crippen LogP contribution in [-0.4, -0.2) is 85.9 Å². The molecular weight excluding hydrogens is 525 g/mol. The van der Waals surface area contributed by atoms with Gasteiger partial charge in [0.05, 0.1) is 24.3 Å². The van der Waals surface area contributed by atoms with Gasteiger partial charge in [0.25, 0.3) is 0 Å². The molecule has 3 rings (SSSR count). The number of fused-ring (bicyclic) bond motifs is 1. The number of amides is 3. The Bertz CT molecular complexity index is 1120. The lowest BCUT2D eigenvalue weighted by molar-refractivity contribution is -0.139. The molecule has 39 heavy (non-hydrogen) atoms. The van der Waals surface area contributed by atoms with Gasteiger partial charge in [-0.2, -0.15) is 4.31 Å². The standard InChI is InChI=1S/C27H42FN5O5S/c1-5-6-7-8-9-22(31-25(34)18(2)29-3)27(36)32-15-14-23-24(32)21(17-33(23)39(4,37)38)26(35)30-16-19-10-12-20(28)13-11-19/h10-13,18,21-24,29H,5-9,14-17H2,1-4H3,(H,30,35)(H,31,34). The maximum atomic E-state index is 13.9. The number of hydrogen-bond acceptors (Lipinski definition) is 6. The number of nitrogens with zero attached hydrogens (tertiary/aromatic N) is 2. The molecule has 2 aliphatic rings. The smallest absolute Gasteiger partial charge is 0.245 e. The summed E-state index contributed by atoms with van der Waals surface area (Å²) in [7, 11) is -1.96. The predicted molar refractivity (Wildman–Crippen MR) is 146 cm³/mol. The highest BCUT2D eigenvalue weighted by atomic mass is 32.2. The summed E-state index contributed by atoms with van der Waals surface area (Å²) in [6.45, 7) is 4.22. The van der Waals surface area contributed by atoms with Crippen LogP contribution in [0.25, 0.3) is 0 Å². The number of sulfonamides is 1. The maximum absolute atomic E-state index is 13.9. The van der Waals surface area contributed by atoms with Crippen molar-refractivity contribution in [2.24, 2.45) is 5.92 Å². The maximum Gasteiger partial charge on any atom is 0.245 e. The first-order chi connectivity index (χ1) is 18.5. The zero-order valence-electron chi connectivity index (χ0n) is 23.3. The lowest BCUT2D eigenvalue weighted by Gasteiger charge is -2.32. The summed E-state index contributed by atoms with van der Waals surface area (Å²) < 4.78 is 39.8. The number of nitrogens with one attached hydrogen (secondary N) is 3. The van der Waals surface area contributed by atoms with E-state index in [9.17, 15) is 27.2 Å². The Hall–Kier alpha value is -2.57. The minimum absolute atomic E-state index is 0.0302. The molecule has 3 amide bonds. The number of unbranched alkanes of at least 4 members (excludes halogenated alkanes) is 3. The lowest BCUT2D eigenvalue weighted by atomic mass is 9.97. The van der Waals surface area contributed by atoms with Crippen molar-refractivity contribution in [3.63, 3.8) is 0 Å². The molecule has 3 N–H and O–H groups in total. The predicted octanol–water partition coefficient (Wildman–Crippen LogP) is 1.37. The van der Waals surface area contributed by atoms with Crippen LogP contribution in [0.3, 0.4) is 0 Å². The molecule has 0 bridgehead atoms. The number of carbonyl (C=O) groups excluding carboxylic acids is 3. The normalized spacial score (nSPS) is 22.8. The molecule has 1 aromatic carbocycles. The SMILES string of the molecule is CCCCCCC(NC(=O)C(C)NC)C(=O)N1CCC2C1C(C(=O)NCc1ccc(F)cc1)CN2S(C)(=O)=O. The molecular formula is C27H42FN5O5S. The van der Waals surface area contributed by atoms with E-state index >= 15 is 0 Å². The van der Waals surface area contributed by atoms with Crippen molar-refractivity contribution in [3.8, 4) is 0 Å². The highest BCUT2D eigenvalue weighted by molar-refractivity contribution is 7.88. The highest BCUT2D eigenvalue weighted by Gasteiger charge is 2.55. The van der Waals surface area contributed by atoms with Gasteiger partial charge in [0.1, 0.15) is 11.9 Å². The minimum atomic E-state index is -3.62. The molecule has 0 aliphatic carbocycles. The Morgan fingerprint density at radius 1 is 1.13 bits per heavy atom. The van der Waals surface area contributed by atoms with Gasteiger partial charge in [-0.1, -0.05) is 44.7 Å². The van der Waals surface area contributed by atoms with Crippen molar-refractivity contribution in [2.75, 3.05) is 26.4 Å². The van der Waals surface area contributed by atoms with E-state index in [1.807, 2.05) is 0 Å². The van der Waals surface area contributed by atoms with Crippen LogP contribution in [0.2, 0.25) is 0 Å². The number of benzene rings is 1. The van der Waals surface area contributed by atoms with Crippen LogP contribution >= 0.6 is 0 Å². The summed E-state index contributed by atoms with van der Waals surface area (Å²) in [5, 5.41) is 8.60. The van der Waals surface area contributed by atoms with Gasteiger partial charge in [-0.15, -0.1) is 0 Å². The van der Waals surface area contributed by atoms with Gasteiger partial charge in [-0.3, -0.25) is 14.4 Å². The van der Waals surface area contributed by atoms with E-state index in [0.29, 0.717) is 24.9 Å². The van der Waals surface area contributed by atoms with Crippen molar-refractivity contribution < 1.29 is 27.2 Å². The average Bonchev–Trinajstić information content (AvgIpc) is 3.49. The number of hydrogen-bond donors (Lipinski definition) is 3. The Kier molecular flexibility index (Phi) is 10.9. The largest absolute Gasteiger partial charge is 0.352 e. The molecule has 0 aromatic heterocycles. The van der Waals surface area contributed by atoms with Crippen molar-refractivity contribution in [1.29, 1.82) is 0 Å². The third-order valence-corrected chi connectivity index (χ3v) is 9.06. The first-order valence-electron chi connectivity index (χ1n) is 13.7. The molecule has 0 saturated carbocycles. The van der Waals surface area contributed by atoms with Gasteiger partial charge in [-0.05, 0) is 44.5 Å². The first kappa shape index (κ1) is 31.0. The van der Waals surface area contributed by atoms with E-state index < -0.39 is 40.1 Å². The van der Waals surface area contributed by atoms with E-state index in [1.54, 1.807) is 31.0 Å². The molecule has 5 unspecified atom stereocenters. The molecule has 2 aliphatic heterocycles. The van der Waals surface area contributed by atoms with Crippen molar-refractivity contribution >= 4 is 27.7 Å². The highest BCUT2D eigenvalue weighted by Crippen LogP contribution is 2.38. The van der Waals surface area contributed by atoms with Gasteiger partial charge in [0.2, 0.25) is 27.7 Å². The van der Waals surface area contributed by atoms with Crippen molar-refractivity contribution in [3.05, 3.63) is 35.6 Å². The molecule has 2 saturated heterocycles. The van der Waals surface area contributed by atoms with Crippen LogP contribution < -0.4 is 16.0 Å². The van der Waals surface area contributed by atoms with Crippen LogP contribution in [-0.2, 0) is 31.0 Å². The zero-order chi connectivity index (χ0) is 28.7. The lowest BCUT2D eigenvalue weighted by Crippen LogP contribution is -2.55. The van der Waals surface area contributed by atoms with Gasteiger partial charge < -0.3 is 20.9 Å². The summed E-state index contributed by atoms with van der Waals surface area (Å²) >= 11 is 0.